The molecule has 2 heterocycles. The van der Waals surface area contributed by atoms with Crippen LogP contribution in [0.4, 0.5) is 0 Å². The molecule has 0 aliphatic carbocycles. The van der Waals surface area contributed by atoms with Crippen LogP contribution in [0.2, 0.25) is 0 Å². The minimum atomic E-state index is 0.726. The van der Waals surface area contributed by atoms with Crippen LogP contribution in [-0.2, 0) is 6.54 Å². The van der Waals surface area contributed by atoms with Crippen LogP contribution in [0.5, 0.6) is 0 Å². The fraction of sp³-hybridized carbons (Fsp3) is 0.688. The van der Waals surface area contributed by atoms with E-state index in [2.05, 4.69) is 46.5 Å². The van der Waals surface area contributed by atoms with Crippen molar-refractivity contribution in [3.05, 3.63) is 21.9 Å². The van der Waals surface area contributed by atoms with Crippen molar-refractivity contribution in [3.8, 4) is 0 Å². The first-order chi connectivity index (χ1) is 10.2. The van der Waals surface area contributed by atoms with E-state index in [1.165, 1.54) is 35.6 Å². The van der Waals surface area contributed by atoms with E-state index in [1.54, 1.807) is 0 Å². The van der Waals surface area contributed by atoms with Gasteiger partial charge in [-0.1, -0.05) is 6.42 Å². The molecule has 4 nitrogen and oxygen atoms in total. The number of piperidine rings is 1. The summed E-state index contributed by atoms with van der Waals surface area (Å²) >= 11 is 1.83. The fourth-order valence-corrected chi connectivity index (χ4v) is 3.61. The molecule has 0 amide bonds. The van der Waals surface area contributed by atoms with Gasteiger partial charge in [-0.25, -0.2) is 0 Å². The second-order valence-corrected chi connectivity index (χ2v) is 7.12. The standard InChI is InChI=1S/C16H28N4S/c1-13-6-4-5-10-20(13)11-9-18-16(17-3)19-12-15-8-7-14(2)21-15/h7-8,13H,4-6,9-12H2,1-3H3,(H2,17,18,19). The molecule has 1 atom stereocenters. The van der Waals surface area contributed by atoms with Crippen LogP contribution in [0.1, 0.15) is 35.9 Å². The molecule has 1 aromatic rings. The highest BCUT2D eigenvalue weighted by Crippen LogP contribution is 2.15. The maximum absolute atomic E-state index is 4.29. The first kappa shape index (κ1) is 16.3. The number of thiophene rings is 1. The zero-order valence-electron chi connectivity index (χ0n) is 13.5. The SMILES string of the molecule is CN=C(NCCN1CCCCC1C)NCc1ccc(C)s1. The molecule has 0 spiro atoms. The highest BCUT2D eigenvalue weighted by atomic mass is 32.1. The van der Waals surface area contributed by atoms with Gasteiger partial charge in [0.1, 0.15) is 0 Å². The second-order valence-electron chi connectivity index (χ2n) is 5.75. The minimum Gasteiger partial charge on any atom is -0.355 e. The van der Waals surface area contributed by atoms with Gasteiger partial charge in [-0.2, -0.15) is 0 Å². The summed E-state index contributed by atoms with van der Waals surface area (Å²) in [7, 11) is 1.83. The Labute approximate surface area is 132 Å². The van der Waals surface area contributed by atoms with Crippen molar-refractivity contribution in [1.82, 2.24) is 15.5 Å². The summed E-state index contributed by atoms with van der Waals surface area (Å²) < 4.78 is 0. The van der Waals surface area contributed by atoms with Crippen molar-refractivity contribution in [3.63, 3.8) is 0 Å². The number of guanidine groups is 1. The van der Waals surface area contributed by atoms with Crippen molar-refractivity contribution < 1.29 is 0 Å². The Hall–Kier alpha value is -1.07. The molecule has 5 heteroatoms. The van der Waals surface area contributed by atoms with Gasteiger partial charge >= 0.3 is 0 Å². The lowest BCUT2D eigenvalue weighted by molar-refractivity contribution is 0.163. The molecule has 1 fully saturated rings. The predicted molar refractivity (Wildman–Crippen MR) is 92.1 cm³/mol. The van der Waals surface area contributed by atoms with Gasteiger partial charge in [-0.3, -0.25) is 9.89 Å². The van der Waals surface area contributed by atoms with E-state index in [0.29, 0.717) is 0 Å². The molecular weight excluding hydrogens is 280 g/mol. The summed E-state index contributed by atoms with van der Waals surface area (Å²) in [5.41, 5.74) is 0. The number of rotatable bonds is 5. The van der Waals surface area contributed by atoms with E-state index in [0.717, 1.165) is 31.6 Å². The van der Waals surface area contributed by atoms with Crippen LogP contribution < -0.4 is 10.6 Å². The largest absolute Gasteiger partial charge is 0.355 e. The summed E-state index contributed by atoms with van der Waals surface area (Å²) in [4.78, 5) is 9.57. The number of nitrogens with one attached hydrogen (secondary N) is 2. The molecule has 0 aromatic carbocycles. The summed E-state index contributed by atoms with van der Waals surface area (Å²) in [6, 6.07) is 5.07. The van der Waals surface area contributed by atoms with Crippen LogP contribution in [0.15, 0.2) is 17.1 Å². The van der Waals surface area contributed by atoms with Crippen molar-refractivity contribution in [2.75, 3.05) is 26.7 Å². The Bertz CT molecular complexity index is 455. The lowest BCUT2D eigenvalue weighted by Gasteiger charge is -2.33. The molecule has 1 aliphatic heterocycles. The van der Waals surface area contributed by atoms with Gasteiger partial charge in [0, 0.05) is 35.9 Å². The fourth-order valence-electron chi connectivity index (χ4n) is 2.78. The van der Waals surface area contributed by atoms with Crippen molar-refractivity contribution >= 4 is 17.3 Å². The van der Waals surface area contributed by atoms with Gasteiger partial charge in [0.2, 0.25) is 0 Å². The van der Waals surface area contributed by atoms with Gasteiger partial charge in [-0.15, -0.1) is 11.3 Å². The quantitative estimate of drug-likeness (QED) is 0.649. The number of nitrogens with zero attached hydrogens (tertiary/aromatic N) is 2. The van der Waals surface area contributed by atoms with E-state index in [9.17, 15) is 0 Å². The van der Waals surface area contributed by atoms with Crippen molar-refractivity contribution in [1.29, 1.82) is 0 Å². The smallest absolute Gasteiger partial charge is 0.191 e. The number of hydrogen-bond donors (Lipinski definition) is 2. The normalized spacial score (nSPS) is 20.5. The third kappa shape index (κ3) is 5.32. The monoisotopic (exact) mass is 308 g/mol. The zero-order valence-corrected chi connectivity index (χ0v) is 14.3. The maximum Gasteiger partial charge on any atom is 0.191 e. The lowest BCUT2D eigenvalue weighted by Crippen LogP contribution is -2.45. The Balaban J connectivity index is 1.68. The average Bonchev–Trinajstić information content (AvgIpc) is 2.90. The van der Waals surface area contributed by atoms with Crippen molar-refractivity contribution in [2.45, 2.75) is 45.7 Å². The van der Waals surface area contributed by atoms with Gasteiger partial charge in [0.15, 0.2) is 5.96 Å². The van der Waals surface area contributed by atoms with Crippen LogP contribution >= 0.6 is 11.3 Å². The zero-order chi connectivity index (χ0) is 15.1. The average molecular weight is 308 g/mol. The molecule has 0 bridgehead atoms. The Morgan fingerprint density at radius 3 is 2.90 bits per heavy atom. The van der Waals surface area contributed by atoms with E-state index < -0.39 is 0 Å². The van der Waals surface area contributed by atoms with Crippen LogP contribution in [-0.4, -0.2) is 43.6 Å². The van der Waals surface area contributed by atoms with E-state index in [4.69, 9.17) is 0 Å². The van der Waals surface area contributed by atoms with E-state index >= 15 is 0 Å². The predicted octanol–water partition coefficient (Wildman–Crippen LogP) is 2.60. The summed E-state index contributed by atoms with van der Waals surface area (Å²) in [5, 5.41) is 6.79. The molecule has 1 aliphatic rings. The maximum atomic E-state index is 4.29. The Morgan fingerprint density at radius 2 is 2.24 bits per heavy atom. The summed E-state index contributed by atoms with van der Waals surface area (Å²) in [6.07, 6.45) is 4.06. The first-order valence-electron chi connectivity index (χ1n) is 7.93. The van der Waals surface area contributed by atoms with Crippen LogP contribution in [0, 0.1) is 6.92 Å². The summed E-state index contributed by atoms with van der Waals surface area (Å²) in [6.45, 7) is 8.61. The first-order valence-corrected chi connectivity index (χ1v) is 8.74. The number of aryl methyl sites for hydroxylation is 1. The Kier molecular flexibility index (Phi) is 6.51. The van der Waals surface area contributed by atoms with Gasteiger partial charge in [-0.05, 0) is 45.4 Å². The third-order valence-corrected chi connectivity index (χ3v) is 5.08. The molecule has 1 aromatic heterocycles. The molecule has 1 unspecified atom stereocenters. The lowest BCUT2D eigenvalue weighted by atomic mass is 10.0. The van der Waals surface area contributed by atoms with Crippen molar-refractivity contribution in [2.24, 2.45) is 4.99 Å². The number of likely N-dealkylation sites (tertiary alicyclic amines) is 1. The van der Waals surface area contributed by atoms with Crippen LogP contribution in [0.3, 0.4) is 0 Å². The minimum absolute atomic E-state index is 0.726. The van der Waals surface area contributed by atoms with Gasteiger partial charge in [0.05, 0.1) is 6.54 Å². The van der Waals surface area contributed by atoms with Crippen LogP contribution in [0.25, 0.3) is 0 Å². The van der Waals surface area contributed by atoms with Gasteiger partial charge in [0.25, 0.3) is 0 Å². The Morgan fingerprint density at radius 1 is 1.38 bits per heavy atom. The molecule has 0 radical (unpaired) electrons. The number of hydrogen-bond acceptors (Lipinski definition) is 3. The van der Waals surface area contributed by atoms with Gasteiger partial charge < -0.3 is 10.6 Å². The topological polar surface area (TPSA) is 39.7 Å². The highest BCUT2D eigenvalue weighted by Gasteiger charge is 2.17. The van der Waals surface area contributed by atoms with E-state index in [-0.39, 0.29) is 0 Å². The molecule has 118 valence electrons. The molecule has 1 saturated heterocycles. The number of aliphatic imine (C=N–C) groups is 1. The third-order valence-electron chi connectivity index (χ3n) is 4.08. The second kappa shape index (κ2) is 8.39. The molecule has 21 heavy (non-hydrogen) atoms. The molecule has 0 saturated carbocycles. The highest BCUT2D eigenvalue weighted by molar-refractivity contribution is 7.11. The molecule has 2 rings (SSSR count). The molecule has 2 N–H and O–H groups in total. The summed E-state index contributed by atoms with van der Waals surface area (Å²) in [5.74, 6) is 0.894. The van der Waals surface area contributed by atoms with E-state index in [1.807, 2.05) is 18.4 Å². The molecular formula is C16H28N4S.